The quantitative estimate of drug-likeness (QED) is 0.661. The van der Waals surface area contributed by atoms with Crippen LogP contribution in [0.15, 0.2) is 0 Å². The molecule has 1 saturated heterocycles. The number of hydrogen-bond acceptors (Lipinski definition) is 4. The molecule has 0 aromatic rings. The number of rotatable bonds is 5. The van der Waals surface area contributed by atoms with Gasteiger partial charge in [0.05, 0.1) is 7.11 Å². The number of esters is 1. The number of ether oxygens (including phenoxy) is 1. The van der Waals surface area contributed by atoms with Gasteiger partial charge in [-0.05, 0) is 18.8 Å². The smallest absolute Gasteiger partial charge is 0.328 e. The van der Waals surface area contributed by atoms with Crippen LogP contribution in [-0.4, -0.2) is 37.0 Å². The number of amides is 2. The van der Waals surface area contributed by atoms with Crippen molar-refractivity contribution in [3.63, 3.8) is 0 Å². The Balaban J connectivity index is 1.88. The summed E-state index contributed by atoms with van der Waals surface area (Å²) in [4.78, 5) is 34.5. The molecule has 100 valence electrons. The summed E-state index contributed by atoms with van der Waals surface area (Å²) in [6.07, 6.45) is 3.68. The van der Waals surface area contributed by atoms with Crippen LogP contribution in [0.4, 0.5) is 0 Å². The third kappa shape index (κ3) is 3.21. The number of methoxy groups -OCH3 is 1. The molecule has 0 unspecified atom stereocenters. The first-order chi connectivity index (χ1) is 8.60. The average molecular weight is 254 g/mol. The molecule has 1 aliphatic heterocycles. The molecule has 1 heterocycles. The van der Waals surface area contributed by atoms with Crippen LogP contribution in [0, 0.1) is 5.92 Å². The van der Waals surface area contributed by atoms with Crippen LogP contribution < -0.4 is 10.6 Å². The van der Waals surface area contributed by atoms with E-state index in [-0.39, 0.29) is 11.8 Å². The molecule has 6 heteroatoms. The summed E-state index contributed by atoms with van der Waals surface area (Å²) in [5.41, 5.74) is 0. The second-order valence-corrected chi connectivity index (χ2v) is 4.92. The molecule has 0 aromatic heterocycles. The Kier molecular flexibility index (Phi) is 3.84. The maximum atomic E-state index is 11.9. The lowest BCUT2D eigenvalue weighted by Crippen LogP contribution is -2.49. The van der Waals surface area contributed by atoms with Gasteiger partial charge in [0.25, 0.3) is 0 Å². The minimum atomic E-state index is -0.590. The summed E-state index contributed by atoms with van der Waals surface area (Å²) in [5.74, 6) is -0.323. The van der Waals surface area contributed by atoms with Gasteiger partial charge in [-0.3, -0.25) is 9.59 Å². The normalized spacial score (nSPS) is 24.3. The van der Waals surface area contributed by atoms with E-state index in [0.717, 1.165) is 12.8 Å². The molecule has 1 saturated carbocycles. The van der Waals surface area contributed by atoms with Gasteiger partial charge in [0, 0.05) is 6.42 Å². The number of nitrogens with one attached hydrogen (secondary N) is 2. The maximum Gasteiger partial charge on any atom is 0.328 e. The van der Waals surface area contributed by atoms with Crippen molar-refractivity contribution >= 4 is 17.8 Å². The Bertz CT molecular complexity index is 365. The van der Waals surface area contributed by atoms with Crippen LogP contribution in [-0.2, 0) is 19.1 Å². The van der Waals surface area contributed by atoms with E-state index < -0.39 is 18.1 Å². The highest BCUT2D eigenvalue weighted by Crippen LogP contribution is 2.33. The third-order valence-corrected chi connectivity index (χ3v) is 3.38. The predicted molar refractivity (Wildman–Crippen MR) is 62.5 cm³/mol. The molecular formula is C12H18N2O4. The zero-order chi connectivity index (χ0) is 13.1. The molecule has 2 N–H and O–H groups in total. The Labute approximate surface area is 105 Å². The summed E-state index contributed by atoms with van der Waals surface area (Å²) < 4.78 is 4.68. The van der Waals surface area contributed by atoms with Crippen molar-refractivity contribution < 1.29 is 19.1 Å². The summed E-state index contributed by atoms with van der Waals surface area (Å²) in [7, 11) is 1.31. The molecule has 0 bridgehead atoms. The Morgan fingerprint density at radius 1 is 1.44 bits per heavy atom. The van der Waals surface area contributed by atoms with E-state index in [9.17, 15) is 14.4 Å². The van der Waals surface area contributed by atoms with E-state index in [1.807, 2.05) is 0 Å². The van der Waals surface area contributed by atoms with Gasteiger partial charge >= 0.3 is 5.97 Å². The fourth-order valence-corrected chi connectivity index (χ4v) is 2.13. The standard InChI is InChI=1S/C12H18N2O4/c1-18-12(17)9(6-7-2-3-7)14-11(16)8-4-5-10(15)13-8/h7-9H,2-6H2,1H3,(H,13,15)(H,14,16)/t8-,9+/m1/s1. The minimum absolute atomic E-state index is 0.119. The van der Waals surface area contributed by atoms with E-state index in [2.05, 4.69) is 15.4 Å². The monoisotopic (exact) mass is 254 g/mol. The molecule has 2 rings (SSSR count). The topological polar surface area (TPSA) is 84.5 Å². The number of carbonyl (C=O) groups excluding carboxylic acids is 3. The molecule has 2 atom stereocenters. The highest BCUT2D eigenvalue weighted by Gasteiger charge is 2.34. The van der Waals surface area contributed by atoms with Crippen LogP contribution in [0.1, 0.15) is 32.1 Å². The van der Waals surface area contributed by atoms with Gasteiger partial charge in [-0.2, -0.15) is 0 Å². The Morgan fingerprint density at radius 2 is 2.17 bits per heavy atom. The van der Waals surface area contributed by atoms with Crippen molar-refractivity contribution in [3.8, 4) is 0 Å². The van der Waals surface area contributed by atoms with E-state index in [1.165, 1.54) is 7.11 Å². The van der Waals surface area contributed by atoms with Gasteiger partial charge < -0.3 is 15.4 Å². The summed E-state index contributed by atoms with van der Waals surface area (Å²) in [6.45, 7) is 0. The molecule has 6 nitrogen and oxygen atoms in total. The molecule has 0 spiro atoms. The fourth-order valence-electron chi connectivity index (χ4n) is 2.13. The van der Waals surface area contributed by atoms with E-state index in [4.69, 9.17) is 0 Å². The van der Waals surface area contributed by atoms with E-state index in [0.29, 0.717) is 25.2 Å². The molecule has 1 aliphatic carbocycles. The lowest BCUT2D eigenvalue weighted by atomic mass is 10.1. The van der Waals surface area contributed by atoms with Gasteiger partial charge in [0.1, 0.15) is 12.1 Å². The number of hydrogen-bond donors (Lipinski definition) is 2. The highest BCUT2D eigenvalue weighted by molar-refractivity contribution is 5.93. The van der Waals surface area contributed by atoms with Crippen molar-refractivity contribution in [2.24, 2.45) is 5.92 Å². The van der Waals surface area contributed by atoms with Gasteiger partial charge in [0.2, 0.25) is 11.8 Å². The first kappa shape index (κ1) is 12.9. The molecule has 0 radical (unpaired) electrons. The largest absolute Gasteiger partial charge is 0.467 e. The Morgan fingerprint density at radius 3 is 2.67 bits per heavy atom. The van der Waals surface area contributed by atoms with E-state index in [1.54, 1.807) is 0 Å². The van der Waals surface area contributed by atoms with Crippen molar-refractivity contribution in [2.45, 2.75) is 44.2 Å². The summed E-state index contributed by atoms with van der Waals surface area (Å²) >= 11 is 0. The third-order valence-electron chi connectivity index (χ3n) is 3.38. The second kappa shape index (κ2) is 5.37. The SMILES string of the molecule is COC(=O)[C@H](CC1CC1)NC(=O)[C@H]1CCC(=O)N1. The van der Waals surface area contributed by atoms with Gasteiger partial charge in [0.15, 0.2) is 0 Å². The summed E-state index contributed by atoms with van der Waals surface area (Å²) in [5, 5.41) is 5.26. The molecule has 18 heavy (non-hydrogen) atoms. The van der Waals surface area contributed by atoms with Crippen LogP contribution in [0.2, 0.25) is 0 Å². The van der Waals surface area contributed by atoms with Crippen LogP contribution >= 0.6 is 0 Å². The van der Waals surface area contributed by atoms with Crippen LogP contribution in [0.3, 0.4) is 0 Å². The fraction of sp³-hybridized carbons (Fsp3) is 0.750. The predicted octanol–water partition coefficient (Wildman–Crippen LogP) is -0.277. The lowest BCUT2D eigenvalue weighted by Gasteiger charge is -2.18. The average Bonchev–Trinajstić information content (AvgIpc) is 3.06. The Hall–Kier alpha value is -1.59. The lowest BCUT2D eigenvalue weighted by molar-refractivity contribution is -0.145. The highest BCUT2D eigenvalue weighted by atomic mass is 16.5. The summed E-state index contributed by atoms with van der Waals surface area (Å²) in [6, 6.07) is -1.10. The number of carbonyl (C=O) groups is 3. The first-order valence-electron chi connectivity index (χ1n) is 6.27. The van der Waals surface area contributed by atoms with Crippen molar-refractivity contribution in [1.82, 2.24) is 10.6 Å². The molecular weight excluding hydrogens is 236 g/mol. The van der Waals surface area contributed by atoms with Gasteiger partial charge in [-0.1, -0.05) is 12.8 Å². The zero-order valence-corrected chi connectivity index (χ0v) is 10.4. The van der Waals surface area contributed by atoms with Crippen LogP contribution in [0.25, 0.3) is 0 Å². The first-order valence-corrected chi connectivity index (χ1v) is 6.27. The van der Waals surface area contributed by atoms with Crippen molar-refractivity contribution in [1.29, 1.82) is 0 Å². The zero-order valence-electron chi connectivity index (χ0n) is 10.4. The van der Waals surface area contributed by atoms with Gasteiger partial charge in [-0.25, -0.2) is 4.79 Å². The molecule has 2 aliphatic rings. The molecule has 0 aromatic carbocycles. The van der Waals surface area contributed by atoms with Crippen molar-refractivity contribution in [2.75, 3.05) is 7.11 Å². The van der Waals surface area contributed by atoms with Crippen molar-refractivity contribution in [3.05, 3.63) is 0 Å². The molecule has 2 amide bonds. The minimum Gasteiger partial charge on any atom is -0.467 e. The van der Waals surface area contributed by atoms with E-state index >= 15 is 0 Å². The van der Waals surface area contributed by atoms with Crippen LogP contribution in [0.5, 0.6) is 0 Å². The maximum absolute atomic E-state index is 11.9. The second-order valence-electron chi connectivity index (χ2n) is 4.92. The van der Waals surface area contributed by atoms with Gasteiger partial charge in [-0.15, -0.1) is 0 Å². The molecule has 2 fully saturated rings.